The Balaban J connectivity index is 1.58. The molecule has 1 fully saturated rings. The Labute approximate surface area is 153 Å². The van der Waals surface area contributed by atoms with Gasteiger partial charge in [-0.25, -0.2) is 4.79 Å². The number of nitrogens with zero attached hydrogens (tertiary/aromatic N) is 1. The molecule has 1 aliphatic heterocycles. The van der Waals surface area contributed by atoms with E-state index in [-0.39, 0.29) is 18.5 Å². The Bertz CT molecular complexity index is 733. The van der Waals surface area contributed by atoms with Gasteiger partial charge in [-0.05, 0) is 30.4 Å². The SMILES string of the molecule is N[C@@H](Cc1ccccc1)C(=O)N1CCC[C@H]1C(=O)OCc1ccccc1. The molecule has 0 spiro atoms. The summed E-state index contributed by atoms with van der Waals surface area (Å²) in [5.41, 5.74) is 8.05. The summed E-state index contributed by atoms with van der Waals surface area (Å²) >= 11 is 0. The second-order valence-corrected chi connectivity index (χ2v) is 6.58. The summed E-state index contributed by atoms with van der Waals surface area (Å²) in [6.45, 7) is 0.765. The molecule has 0 radical (unpaired) electrons. The fourth-order valence-electron chi connectivity index (χ4n) is 3.27. The summed E-state index contributed by atoms with van der Waals surface area (Å²) in [5.74, 6) is -0.542. The van der Waals surface area contributed by atoms with Crippen molar-refractivity contribution in [1.82, 2.24) is 4.90 Å². The molecule has 0 saturated carbocycles. The first-order chi connectivity index (χ1) is 12.6. The zero-order chi connectivity index (χ0) is 18.4. The van der Waals surface area contributed by atoms with E-state index in [1.54, 1.807) is 4.90 Å². The minimum Gasteiger partial charge on any atom is -0.459 e. The van der Waals surface area contributed by atoms with Crippen molar-refractivity contribution >= 4 is 11.9 Å². The average Bonchev–Trinajstić information content (AvgIpc) is 3.17. The number of ether oxygens (including phenoxy) is 1. The molecule has 1 heterocycles. The lowest BCUT2D eigenvalue weighted by molar-refractivity contribution is -0.154. The van der Waals surface area contributed by atoms with Crippen LogP contribution in [0.2, 0.25) is 0 Å². The van der Waals surface area contributed by atoms with E-state index in [1.165, 1.54) is 0 Å². The van der Waals surface area contributed by atoms with E-state index in [4.69, 9.17) is 10.5 Å². The van der Waals surface area contributed by atoms with Crippen molar-refractivity contribution in [3.63, 3.8) is 0 Å². The minimum atomic E-state index is -0.653. The molecule has 5 heteroatoms. The lowest BCUT2D eigenvalue weighted by atomic mass is 10.1. The van der Waals surface area contributed by atoms with Crippen LogP contribution < -0.4 is 5.73 Å². The van der Waals surface area contributed by atoms with Crippen molar-refractivity contribution in [3.8, 4) is 0 Å². The van der Waals surface area contributed by atoms with E-state index in [0.29, 0.717) is 19.4 Å². The fraction of sp³-hybridized carbons (Fsp3) is 0.333. The number of carbonyl (C=O) groups is 2. The quantitative estimate of drug-likeness (QED) is 0.810. The summed E-state index contributed by atoms with van der Waals surface area (Å²) in [4.78, 5) is 26.8. The monoisotopic (exact) mass is 352 g/mol. The van der Waals surface area contributed by atoms with Crippen LogP contribution in [0.4, 0.5) is 0 Å². The molecule has 0 aromatic heterocycles. The molecule has 2 aromatic rings. The van der Waals surface area contributed by atoms with Crippen molar-refractivity contribution in [2.75, 3.05) is 6.54 Å². The zero-order valence-electron chi connectivity index (χ0n) is 14.7. The van der Waals surface area contributed by atoms with Gasteiger partial charge < -0.3 is 15.4 Å². The Morgan fingerprint density at radius 1 is 1.04 bits per heavy atom. The summed E-state index contributed by atoms with van der Waals surface area (Å²) in [7, 11) is 0. The number of benzene rings is 2. The molecule has 26 heavy (non-hydrogen) atoms. The largest absolute Gasteiger partial charge is 0.459 e. The highest BCUT2D eigenvalue weighted by atomic mass is 16.5. The lowest BCUT2D eigenvalue weighted by Crippen LogP contribution is -2.49. The van der Waals surface area contributed by atoms with Crippen LogP contribution in [0.25, 0.3) is 0 Å². The number of likely N-dealkylation sites (tertiary alicyclic amines) is 1. The number of carbonyl (C=O) groups excluding carboxylic acids is 2. The summed E-state index contributed by atoms with van der Waals surface area (Å²) in [6, 6.07) is 18.0. The van der Waals surface area contributed by atoms with Gasteiger partial charge in [0.05, 0.1) is 6.04 Å². The Morgan fingerprint density at radius 2 is 1.65 bits per heavy atom. The molecular weight excluding hydrogens is 328 g/mol. The molecule has 2 N–H and O–H groups in total. The third kappa shape index (κ3) is 4.49. The van der Waals surface area contributed by atoms with E-state index in [9.17, 15) is 9.59 Å². The minimum absolute atomic E-state index is 0.187. The molecule has 2 atom stereocenters. The Morgan fingerprint density at radius 3 is 2.31 bits per heavy atom. The van der Waals surface area contributed by atoms with Gasteiger partial charge in [-0.2, -0.15) is 0 Å². The fourth-order valence-corrected chi connectivity index (χ4v) is 3.27. The van der Waals surface area contributed by atoms with Gasteiger partial charge in [0, 0.05) is 6.54 Å². The second kappa shape index (κ2) is 8.63. The van der Waals surface area contributed by atoms with Crippen molar-refractivity contribution in [2.24, 2.45) is 5.73 Å². The van der Waals surface area contributed by atoms with Crippen LogP contribution in [0, 0.1) is 0 Å². The number of rotatable bonds is 6. The van der Waals surface area contributed by atoms with Crippen LogP contribution in [0.5, 0.6) is 0 Å². The molecule has 1 saturated heterocycles. The van der Waals surface area contributed by atoms with E-state index < -0.39 is 12.1 Å². The normalized spacial score (nSPS) is 17.7. The zero-order valence-corrected chi connectivity index (χ0v) is 14.7. The smallest absolute Gasteiger partial charge is 0.329 e. The van der Waals surface area contributed by atoms with Gasteiger partial charge in [0.15, 0.2) is 0 Å². The lowest BCUT2D eigenvalue weighted by Gasteiger charge is -2.26. The maximum absolute atomic E-state index is 12.7. The van der Waals surface area contributed by atoms with Gasteiger partial charge >= 0.3 is 5.97 Å². The molecule has 136 valence electrons. The average molecular weight is 352 g/mol. The van der Waals surface area contributed by atoms with E-state index >= 15 is 0 Å². The van der Waals surface area contributed by atoms with Crippen LogP contribution in [0.15, 0.2) is 60.7 Å². The summed E-state index contributed by atoms with van der Waals surface area (Å²) in [6.07, 6.45) is 1.87. The van der Waals surface area contributed by atoms with Gasteiger partial charge in [0.1, 0.15) is 12.6 Å². The topological polar surface area (TPSA) is 72.6 Å². The second-order valence-electron chi connectivity index (χ2n) is 6.58. The Kier molecular flexibility index (Phi) is 6.02. The van der Waals surface area contributed by atoms with Crippen LogP contribution in [-0.2, 0) is 27.4 Å². The molecule has 1 aliphatic rings. The van der Waals surface area contributed by atoms with E-state index in [1.807, 2.05) is 60.7 Å². The van der Waals surface area contributed by atoms with Crippen LogP contribution >= 0.6 is 0 Å². The maximum atomic E-state index is 12.7. The highest BCUT2D eigenvalue weighted by molar-refractivity contribution is 5.88. The van der Waals surface area contributed by atoms with Gasteiger partial charge in [-0.15, -0.1) is 0 Å². The number of hydrogen-bond donors (Lipinski definition) is 1. The summed E-state index contributed by atoms with van der Waals surface area (Å²) < 4.78 is 5.42. The van der Waals surface area contributed by atoms with Crippen molar-refractivity contribution in [3.05, 3.63) is 71.8 Å². The molecule has 3 rings (SSSR count). The van der Waals surface area contributed by atoms with Gasteiger partial charge in [-0.3, -0.25) is 4.79 Å². The molecular formula is C21H24N2O3. The van der Waals surface area contributed by atoms with Gasteiger partial charge in [-0.1, -0.05) is 60.7 Å². The first-order valence-corrected chi connectivity index (χ1v) is 8.95. The van der Waals surface area contributed by atoms with Crippen molar-refractivity contribution in [1.29, 1.82) is 0 Å². The molecule has 5 nitrogen and oxygen atoms in total. The summed E-state index contributed by atoms with van der Waals surface area (Å²) in [5, 5.41) is 0. The third-order valence-electron chi connectivity index (χ3n) is 4.65. The third-order valence-corrected chi connectivity index (χ3v) is 4.65. The van der Waals surface area contributed by atoms with Crippen LogP contribution in [0.1, 0.15) is 24.0 Å². The highest BCUT2D eigenvalue weighted by Gasteiger charge is 2.37. The van der Waals surface area contributed by atoms with Crippen molar-refractivity contribution < 1.29 is 14.3 Å². The standard InChI is InChI=1S/C21H24N2O3/c22-18(14-16-8-3-1-4-9-16)20(24)23-13-7-12-19(23)21(25)26-15-17-10-5-2-6-11-17/h1-6,8-11,18-19H,7,12-15,22H2/t18-,19-/m0/s1. The molecule has 0 unspecified atom stereocenters. The van der Waals surface area contributed by atoms with Gasteiger partial charge in [0.25, 0.3) is 0 Å². The van der Waals surface area contributed by atoms with Crippen LogP contribution in [0.3, 0.4) is 0 Å². The predicted octanol–water partition coefficient (Wildman–Crippen LogP) is 2.29. The van der Waals surface area contributed by atoms with Gasteiger partial charge in [0.2, 0.25) is 5.91 Å². The Hall–Kier alpha value is -2.66. The molecule has 1 amide bonds. The van der Waals surface area contributed by atoms with Crippen LogP contribution in [-0.4, -0.2) is 35.4 Å². The maximum Gasteiger partial charge on any atom is 0.329 e. The highest BCUT2D eigenvalue weighted by Crippen LogP contribution is 2.20. The first-order valence-electron chi connectivity index (χ1n) is 8.95. The molecule has 0 bridgehead atoms. The first kappa shape index (κ1) is 18.1. The number of hydrogen-bond acceptors (Lipinski definition) is 4. The van der Waals surface area contributed by atoms with E-state index in [2.05, 4.69) is 0 Å². The number of nitrogens with two attached hydrogens (primary N) is 1. The van der Waals surface area contributed by atoms with E-state index in [0.717, 1.165) is 17.5 Å². The predicted molar refractivity (Wildman–Crippen MR) is 99.1 cm³/mol. The molecule has 0 aliphatic carbocycles. The number of esters is 1. The van der Waals surface area contributed by atoms with Crippen molar-refractivity contribution in [2.45, 2.75) is 38.0 Å². The number of amides is 1. The molecule has 2 aromatic carbocycles.